The van der Waals surface area contributed by atoms with E-state index in [4.69, 9.17) is 10.8 Å². The van der Waals surface area contributed by atoms with Crippen LogP contribution >= 0.6 is 0 Å². The van der Waals surface area contributed by atoms with Gasteiger partial charge in [-0.25, -0.2) is 0 Å². The summed E-state index contributed by atoms with van der Waals surface area (Å²) in [5, 5.41) is 23.4. The van der Waals surface area contributed by atoms with Crippen molar-refractivity contribution in [2.24, 2.45) is 0 Å². The standard InChI is InChI=1S/C20H24N4O.C9H9N.C4H11N/c21-19(12-11-17-7-3-1-4-8-17)24(20(22)15-23-16-25)14-13-18-9-5-2-6-10-18;1-7-6-10-9-5-3-2-4-8(7)9;1-3-4-5-2/h1-10,16,21-22H,11-15H2,(H,23,25);2-6,10H,1H3;5H,3-4H2,1-2H3. The highest BCUT2D eigenvalue weighted by Gasteiger charge is 2.15. The minimum atomic E-state index is 0.131. The molecule has 1 aromatic heterocycles. The van der Waals surface area contributed by atoms with E-state index in [9.17, 15) is 4.79 Å². The number of hydrogen-bond acceptors (Lipinski definition) is 4. The Labute approximate surface area is 239 Å². The van der Waals surface area contributed by atoms with Gasteiger partial charge in [0.2, 0.25) is 6.41 Å². The highest BCUT2D eigenvalue weighted by atomic mass is 16.1. The second kappa shape index (κ2) is 18.9. The Kier molecular flexibility index (Phi) is 15.1. The maximum Gasteiger partial charge on any atom is 0.207 e. The van der Waals surface area contributed by atoms with Crippen molar-refractivity contribution in [3.8, 4) is 0 Å². The van der Waals surface area contributed by atoms with Crippen molar-refractivity contribution in [3.63, 3.8) is 0 Å². The molecule has 0 unspecified atom stereocenters. The number of H-pyrrole nitrogens is 1. The molecule has 0 atom stereocenters. The molecule has 212 valence electrons. The molecule has 4 aromatic rings. The molecule has 0 fully saturated rings. The summed E-state index contributed by atoms with van der Waals surface area (Å²) in [6, 6.07) is 28.4. The first-order valence-corrected chi connectivity index (χ1v) is 13.8. The largest absolute Gasteiger partial charge is 0.361 e. The van der Waals surface area contributed by atoms with E-state index < -0.39 is 0 Å². The Morgan fingerprint density at radius 2 is 1.48 bits per heavy atom. The summed E-state index contributed by atoms with van der Waals surface area (Å²) in [5.41, 5.74) is 4.88. The minimum Gasteiger partial charge on any atom is -0.361 e. The predicted octanol–water partition coefficient (Wildman–Crippen LogP) is 5.96. The topological polar surface area (TPSA) is 108 Å². The van der Waals surface area contributed by atoms with E-state index in [1.807, 2.05) is 80.0 Å². The average molecular weight is 541 g/mol. The van der Waals surface area contributed by atoms with Gasteiger partial charge in [-0.05, 0) is 62.5 Å². The lowest BCUT2D eigenvalue weighted by atomic mass is 10.1. The highest BCUT2D eigenvalue weighted by Crippen LogP contribution is 2.15. The zero-order valence-corrected chi connectivity index (χ0v) is 24.0. The van der Waals surface area contributed by atoms with Crippen LogP contribution in [-0.4, -0.2) is 54.6 Å². The Bertz CT molecular complexity index is 1270. The SMILES string of the molecule is CCCNC.Cc1c[nH]c2ccccc12.N=C(CCc1ccccc1)N(CCc1ccccc1)C(=N)CNC=O. The summed E-state index contributed by atoms with van der Waals surface area (Å²) < 4.78 is 0. The van der Waals surface area contributed by atoms with Crippen LogP contribution in [0.15, 0.2) is 91.1 Å². The number of aromatic nitrogens is 1. The second-order valence-corrected chi connectivity index (χ2v) is 9.39. The number of amidine groups is 2. The number of hydrogen-bond donors (Lipinski definition) is 5. The van der Waals surface area contributed by atoms with Crippen LogP contribution in [0.5, 0.6) is 0 Å². The molecule has 0 aliphatic rings. The van der Waals surface area contributed by atoms with Crippen LogP contribution in [-0.2, 0) is 17.6 Å². The number of nitrogens with one attached hydrogen (secondary N) is 5. The quantitative estimate of drug-likeness (QED) is 0.0921. The van der Waals surface area contributed by atoms with Gasteiger partial charge in [0.1, 0.15) is 11.7 Å². The zero-order valence-electron chi connectivity index (χ0n) is 24.0. The summed E-state index contributed by atoms with van der Waals surface area (Å²) in [7, 11) is 1.96. The van der Waals surface area contributed by atoms with E-state index in [2.05, 4.69) is 47.7 Å². The number of aryl methyl sites for hydroxylation is 2. The fourth-order valence-electron chi connectivity index (χ4n) is 4.06. The van der Waals surface area contributed by atoms with Gasteiger partial charge in [-0.1, -0.05) is 85.8 Å². The van der Waals surface area contributed by atoms with Crippen molar-refractivity contribution in [1.82, 2.24) is 20.5 Å². The van der Waals surface area contributed by atoms with E-state index in [1.165, 1.54) is 34.0 Å². The molecule has 0 spiro atoms. The number of rotatable bonds is 11. The third-order valence-corrected chi connectivity index (χ3v) is 6.26. The lowest BCUT2D eigenvalue weighted by Crippen LogP contribution is -2.42. The van der Waals surface area contributed by atoms with Crippen molar-refractivity contribution in [2.75, 3.05) is 26.7 Å². The molecule has 0 saturated heterocycles. The van der Waals surface area contributed by atoms with Crippen LogP contribution in [0.25, 0.3) is 10.9 Å². The average Bonchev–Trinajstić information content (AvgIpc) is 3.38. The van der Waals surface area contributed by atoms with Crippen LogP contribution in [0.4, 0.5) is 0 Å². The number of carbonyl (C=O) groups excluding carboxylic acids is 1. The summed E-state index contributed by atoms with van der Waals surface area (Å²) in [5.74, 6) is 0.638. The van der Waals surface area contributed by atoms with E-state index >= 15 is 0 Å². The second-order valence-electron chi connectivity index (χ2n) is 9.39. The molecular weight excluding hydrogens is 496 g/mol. The number of benzene rings is 3. The minimum absolute atomic E-state index is 0.131. The summed E-state index contributed by atoms with van der Waals surface area (Å²) in [6.45, 7) is 6.08. The lowest BCUT2D eigenvalue weighted by Gasteiger charge is -2.26. The molecule has 0 bridgehead atoms. The van der Waals surface area contributed by atoms with Gasteiger partial charge in [-0.3, -0.25) is 15.6 Å². The van der Waals surface area contributed by atoms with Gasteiger partial charge in [0, 0.05) is 30.1 Å². The van der Waals surface area contributed by atoms with Gasteiger partial charge >= 0.3 is 0 Å². The van der Waals surface area contributed by atoms with Crippen LogP contribution in [0.2, 0.25) is 0 Å². The molecule has 1 amide bonds. The molecule has 40 heavy (non-hydrogen) atoms. The van der Waals surface area contributed by atoms with E-state index in [1.54, 1.807) is 4.90 Å². The number of amides is 1. The molecule has 0 aliphatic carbocycles. The molecule has 7 nitrogen and oxygen atoms in total. The maximum atomic E-state index is 10.5. The third kappa shape index (κ3) is 11.7. The van der Waals surface area contributed by atoms with Crippen LogP contribution < -0.4 is 10.6 Å². The number of fused-ring (bicyclic) bond motifs is 1. The smallest absolute Gasteiger partial charge is 0.207 e. The Balaban J connectivity index is 0.000000303. The molecule has 5 N–H and O–H groups in total. The van der Waals surface area contributed by atoms with Crippen LogP contribution in [0.1, 0.15) is 36.5 Å². The number of nitrogens with zero attached hydrogens (tertiary/aromatic N) is 1. The maximum absolute atomic E-state index is 10.5. The monoisotopic (exact) mass is 540 g/mol. The molecule has 7 heteroatoms. The fourth-order valence-corrected chi connectivity index (χ4v) is 4.06. The molecular formula is C33H44N6O. The lowest BCUT2D eigenvalue weighted by molar-refractivity contribution is -0.109. The summed E-state index contributed by atoms with van der Waals surface area (Å²) in [4.78, 5) is 15.4. The van der Waals surface area contributed by atoms with Gasteiger partial charge in [-0.2, -0.15) is 0 Å². The van der Waals surface area contributed by atoms with Crippen molar-refractivity contribution < 1.29 is 4.79 Å². The Morgan fingerprint density at radius 1 is 0.875 bits per heavy atom. The number of para-hydroxylation sites is 1. The Hall–Kier alpha value is -4.23. The van der Waals surface area contributed by atoms with Gasteiger partial charge in [0.15, 0.2) is 0 Å². The molecule has 4 rings (SSSR count). The third-order valence-electron chi connectivity index (χ3n) is 6.26. The van der Waals surface area contributed by atoms with Crippen LogP contribution in [0, 0.1) is 17.7 Å². The predicted molar refractivity (Wildman–Crippen MR) is 168 cm³/mol. The highest BCUT2D eigenvalue weighted by molar-refractivity contribution is 5.99. The van der Waals surface area contributed by atoms with Gasteiger partial charge < -0.3 is 20.5 Å². The number of aromatic amines is 1. The van der Waals surface area contributed by atoms with Crippen molar-refractivity contribution in [2.45, 2.75) is 39.5 Å². The van der Waals surface area contributed by atoms with Crippen molar-refractivity contribution in [3.05, 3.63) is 108 Å². The fraction of sp³-hybridized carbons (Fsp3) is 0.303. The number of carbonyl (C=O) groups is 1. The normalized spacial score (nSPS) is 9.97. The Morgan fingerprint density at radius 3 is 2.02 bits per heavy atom. The van der Waals surface area contributed by atoms with E-state index in [0.717, 1.165) is 19.4 Å². The molecule has 0 radical (unpaired) electrons. The summed E-state index contributed by atoms with van der Waals surface area (Å²) in [6.07, 6.45) is 5.91. The van der Waals surface area contributed by atoms with E-state index in [0.29, 0.717) is 25.2 Å². The zero-order chi connectivity index (χ0) is 29.0. The van der Waals surface area contributed by atoms with Crippen molar-refractivity contribution >= 4 is 29.0 Å². The first kappa shape index (κ1) is 32.0. The van der Waals surface area contributed by atoms with Crippen LogP contribution in [0.3, 0.4) is 0 Å². The molecule has 0 aliphatic heterocycles. The van der Waals surface area contributed by atoms with Gasteiger partial charge in [0.05, 0.1) is 6.54 Å². The van der Waals surface area contributed by atoms with Gasteiger partial charge in [-0.15, -0.1) is 0 Å². The first-order chi connectivity index (χ1) is 19.5. The van der Waals surface area contributed by atoms with Crippen molar-refractivity contribution in [1.29, 1.82) is 10.8 Å². The van der Waals surface area contributed by atoms with Gasteiger partial charge in [0.25, 0.3) is 0 Å². The molecule has 0 saturated carbocycles. The van der Waals surface area contributed by atoms with E-state index in [-0.39, 0.29) is 12.4 Å². The first-order valence-electron chi connectivity index (χ1n) is 13.8. The molecule has 1 heterocycles. The molecule has 3 aromatic carbocycles. The summed E-state index contributed by atoms with van der Waals surface area (Å²) >= 11 is 0.